The average Bonchev–Trinajstić information content (AvgIpc) is 3.41. The number of carbonyl (C=O) groups excluding carboxylic acids is 2. The van der Waals surface area contributed by atoms with E-state index in [0.717, 1.165) is 16.4 Å². The van der Waals surface area contributed by atoms with Crippen LogP contribution in [0.15, 0.2) is 95.9 Å². The lowest BCUT2D eigenvalue weighted by molar-refractivity contribution is -0.140. The quantitative estimate of drug-likeness (QED) is 0.232. The predicted molar refractivity (Wildman–Crippen MR) is 159 cm³/mol. The first-order valence-electron chi connectivity index (χ1n) is 13.4. The number of fused-ring (bicyclic) bond motifs is 1. The van der Waals surface area contributed by atoms with E-state index in [0.29, 0.717) is 33.0 Å². The third-order valence-corrected chi connectivity index (χ3v) is 9.50. The molecule has 44 heavy (non-hydrogen) atoms. The molecule has 0 radical (unpaired) electrons. The number of carbonyl (C=O) groups is 2. The number of nitrogens with one attached hydrogen (secondary N) is 1. The molecule has 1 aliphatic rings. The molecule has 0 saturated heterocycles. The number of hydrogen-bond acceptors (Lipinski definition) is 5. The molecule has 228 valence electrons. The third-order valence-electron chi connectivity index (χ3n) is 7.31. The van der Waals surface area contributed by atoms with E-state index in [1.807, 2.05) is 0 Å². The minimum absolute atomic E-state index is 0.0165. The summed E-state index contributed by atoms with van der Waals surface area (Å²) >= 11 is 6.38. The highest BCUT2D eigenvalue weighted by Crippen LogP contribution is 2.38. The molecule has 0 bridgehead atoms. The first kappa shape index (κ1) is 31.1. The molecule has 5 rings (SSSR count). The van der Waals surface area contributed by atoms with Crippen molar-refractivity contribution in [1.29, 1.82) is 0 Å². The van der Waals surface area contributed by atoms with Crippen molar-refractivity contribution < 1.29 is 35.9 Å². The summed E-state index contributed by atoms with van der Waals surface area (Å²) in [7, 11) is -2.98. The summed E-state index contributed by atoms with van der Waals surface area (Å²) < 4.78 is 73.3. The van der Waals surface area contributed by atoms with Crippen LogP contribution in [-0.4, -0.2) is 33.4 Å². The highest BCUT2D eigenvalue weighted by atomic mass is 35.5. The lowest BCUT2D eigenvalue weighted by atomic mass is 10.0. The van der Waals surface area contributed by atoms with Gasteiger partial charge in [0.1, 0.15) is 6.04 Å². The Bertz CT molecular complexity index is 1830. The molecule has 7 nitrogen and oxygen atoms in total. The first-order valence-corrected chi connectivity index (χ1v) is 15.2. The van der Waals surface area contributed by atoms with E-state index in [2.05, 4.69) is 10.1 Å². The van der Waals surface area contributed by atoms with Crippen LogP contribution in [0.2, 0.25) is 5.02 Å². The Labute approximate surface area is 257 Å². The van der Waals surface area contributed by atoms with Gasteiger partial charge in [0.2, 0.25) is 5.91 Å². The zero-order valence-electron chi connectivity index (χ0n) is 23.3. The van der Waals surface area contributed by atoms with Gasteiger partial charge in [-0.3, -0.25) is 13.9 Å². The van der Waals surface area contributed by atoms with Gasteiger partial charge in [-0.05, 0) is 64.2 Å². The van der Waals surface area contributed by atoms with Gasteiger partial charge >= 0.3 is 12.1 Å². The molecule has 4 aromatic carbocycles. The normalized spacial score (nSPS) is 14.7. The van der Waals surface area contributed by atoms with Crippen molar-refractivity contribution in [3.8, 4) is 11.1 Å². The summed E-state index contributed by atoms with van der Waals surface area (Å²) in [6, 6.07) is 20.9. The lowest BCUT2D eigenvalue weighted by Crippen LogP contribution is -2.47. The molecule has 0 fully saturated rings. The second-order valence-corrected chi connectivity index (χ2v) is 12.4. The van der Waals surface area contributed by atoms with Gasteiger partial charge in [-0.1, -0.05) is 66.2 Å². The SMILES string of the molecule is COC(=O)Cc1ccc(CNC(=O)[C@@H]2Cc3ccccc3N2S(=O)(=O)c2ccc(-c3cccc(C(F)(F)F)c3)cc2)c(Cl)c1. The number of benzene rings is 4. The van der Waals surface area contributed by atoms with Crippen LogP contribution in [0.5, 0.6) is 0 Å². The zero-order chi connectivity index (χ0) is 31.6. The van der Waals surface area contributed by atoms with Crippen molar-refractivity contribution in [1.82, 2.24) is 5.32 Å². The summed E-state index contributed by atoms with van der Waals surface area (Å²) in [6.45, 7) is 0.0165. The van der Waals surface area contributed by atoms with Crippen molar-refractivity contribution in [2.75, 3.05) is 11.4 Å². The van der Waals surface area contributed by atoms with E-state index in [-0.39, 0.29) is 29.8 Å². The number of esters is 1. The molecule has 0 unspecified atom stereocenters. The highest BCUT2D eigenvalue weighted by molar-refractivity contribution is 7.93. The van der Waals surface area contributed by atoms with Crippen molar-refractivity contribution in [2.45, 2.75) is 36.5 Å². The van der Waals surface area contributed by atoms with Gasteiger partial charge in [-0.15, -0.1) is 0 Å². The Morgan fingerprint density at radius 3 is 2.36 bits per heavy atom. The molecule has 0 saturated carbocycles. The number of methoxy groups -OCH3 is 1. The van der Waals surface area contributed by atoms with E-state index in [1.165, 1.54) is 43.5 Å². The number of alkyl halides is 3. The van der Waals surface area contributed by atoms with Gasteiger partial charge in [-0.25, -0.2) is 8.42 Å². The number of rotatable bonds is 8. The second-order valence-electron chi connectivity index (χ2n) is 10.1. The number of hydrogen-bond donors (Lipinski definition) is 1. The molecule has 4 aromatic rings. The Balaban J connectivity index is 1.38. The van der Waals surface area contributed by atoms with Crippen LogP contribution < -0.4 is 9.62 Å². The van der Waals surface area contributed by atoms with Crippen LogP contribution in [0.4, 0.5) is 18.9 Å². The van der Waals surface area contributed by atoms with Gasteiger partial charge in [0.15, 0.2) is 0 Å². The Morgan fingerprint density at radius 2 is 1.68 bits per heavy atom. The van der Waals surface area contributed by atoms with E-state index in [9.17, 15) is 31.2 Å². The van der Waals surface area contributed by atoms with Gasteiger partial charge in [-0.2, -0.15) is 13.2 Å². The number of sulfonamides is 1. The molecule has 1 amide bonds. The smallest absolute Gasteiger partial charge is 0.416 e. The van der Waals surface area contributed by atoms with Crippen molar-refractivity contribution in [3.05, 3.63) is 118 Å². The fourth-order valence-corrected chi connectivity index (χ4v) is 6.96. The minimum Gasteiger partial charge on any atom is -0.469 e. The average molecular weight is 643 g/mol. The van der Waals surface area contributed by atoms with Gasteiger partial charge in [0, 0.05) is 18.0 Å². The third kappa shape index (κ3) is 6.44. The van der Waals surface area contributed by atoms with Crippen LogP contribution in [0.25, 0.3) is 11.1 Å². The summed E-state index contributed by atoms with van der Waals surface area (Å²) in [5, 5.41) is 3.10. The summed E-state index contributed by atoms with van der Waals surface area (Å²) in [6.07, 6.45) is -4.34. The fraction of sp³-hybridized carbons (Fsp3) is 0.188. The number of amides is 1. The van der Waals surface area contributed by atoms with Crippen LogP contribution in [-0.2, 0) is 49.9 Å². The highest BCUT2D eigenvalue weighted by Gasteiger charge is 2.42. The fourth-order valence-electron chi connectivity index (χ4n) is 5.04. The summed E-state index contributed by atoms with van der Waals surface area (Å²) in [4.78, 5) is 24.9. The molecule has 0 aromatic heterocycles. The maximum atomic E-state index is 14.0. The van der Waals surface area contributed by atoms with Crippen molar-refractivity contribution in [3.63, 3.8) is 0 Å². The molecule has 1 atom stereocenters. The van der Waals surface area contributed by atoms with Crippen LogP contribution >= 0.6 is 11.6 Å². The largest absolute Gasteiger partial charge is 0.469 e. The van der Waals surface area contributed by atoms with Crippen LogP contribution in [0.3, 0.4) is 0 Å². The molecule has 1 N–H and O–H groups in total. The Kier molecular flexibility index (Phi) is 8.71. The number of halogens is 4. The number of para-hydroxylation sites is 1. The Morgan fingerprint density at radius 1 is 0.955 bits per heavy atom. The lowest BCUT2D eigenvalue weighted by Gasteiger charge is -2.26. The van der Waals surface area contributed by atoms with E-state index >= 15 is 0 Å². The molecular formula is C32H26ClF3N2O5S. The summed E-state index contributed by atoms with van der Waals surface area (Å²) in [5.74, 6) is -0.963. The topological polar surface area (TPSA) is 92.8 Å². The number of nitrogens with zero attached hydrogens (tertiary/aromatic N) is 1. The van der Waals surface area contributed by atoms with Crippen LogP contribution in [0, 0.1) is 0 Å². The van der Waals surface area contributed by atoms with Gasteiger partial charge in [0.25, 0.3) is 10.0 Å². The molecule has 1 heterocycles. The predicted octanol–water partition coefficient (Wildman–Crippen LogP) is 6.18. The summed E-state index contributed by atoms with van der Waals surface area (Å²) in [5.41, 5.74) is 2.11. The zero-order valence-corrected chi connectivity index (χ0v) is 24.8. The first-order chi connectivity index (χ1) is 20.9. The second kappa shape index (κ2) is 12.3. The number of anilines is 1. The maximum absolute atomic E-state index is 14.0. The van der Waals surface area contributed by atoms with Crippen LogP contribution in [0.1, 0.15) is 22.3 Å². The minimum atomic E-state index is -4.52. The number of ether oxygens (including phenoxy) is 1. The molecule has 0 spiro atoms. The van der Waals surface area contributed by atoms with Gasteiger partial charge < -0.3 is 10.1 Å². The van der Waals surface area contributed by atoms with E-state index < -0.39 is 39.7 Å². The maximum Gasteiger partial charge on any atom is 0.416 e. The van der Waals surface area contributed by atoms with Crippen molar-refractivity contribution >= 4 is 39.2 Å². The van der Waals surface area contributed by atoms with E-state index in [4.69, 9.17) is 11.6 Å². The standard InChI is InChI=1S/C32H26ClF3N2O5S/c1-43-30(39)16-20-9-10-24(27(33)15-20)19-37-31(40)29-18-23-5-2-3-8-28(23)38(29)44(41,42)26-13-11-21(12-14-26)22-6-4-7-25(17-22)32(34,35)36/h2-15,17,29H,16,18-19H2,1H3,(H,37,40)/t29-/m0/s1. The molecule has 12 heteroatoms. The van der Waals surface area contributed by atoms with Gasteiger partial charge in [0.05, 0.1) is 29.7 Å². The molecule has 1 aliphatic heterocycles. The molecular weight excluding hydrogens is 617 g/mol. The monoisotopic (exact) mass is 642 g/mol. The van der Waals surface area contributed by atoms with Crippen molar-refractivity contribution in [2.24, 2.45) is 0 Å². The van der Waals surface area contributed by atoms with E-state index in [1.54, 1.807) is 42.5 Å². The molecule has 0 aliphatic carbocycles. The Hall–Kier alpha value is -4.35.